The molecule has 0 aliphatic heterocycles. The molecule has 3 aromatic rings. The van der Waals surface area contributed by atoms with Crippen molar-refractivity contribution in [2.45, 2.75) is 38.6 Å². The van der Waals surface area contributed by atoms with Crippen molar-refractivity contribution in [3.63, 3.8) is 0 Å². The number of nitro groups is 1. The van der Waals surface area contributed by atoms with Gasteiger partial charge in [0.15, 0.2) is 6.61 Å². The fraction of sp³-hybridized carbons (Fsp3) is 0.385. The second-order valence-electron chi connectivity index (χ2n) is 9.42. The van der Waals surface area contributed by atoms with Gasteiger partial charge in [0.05, 0.1) is 4.92 Å². The van der Waals surface area contributed by atoms with Crippen LogP contribution in [0.2, 0.25) is 0 Å². The van der Waals surface area contributed by atoms with Crippen LogP contribution in [0.4, 0.5) is 5.69 Å². The van der Waals surface area contributed by atoms with Gasteiger partial charge in [0.1, 0.15) is 11.3 Å². The number of hydrogen-bond acceptors (Lipinski definition) is 6. The fourth-order valence-corrected chi connectivity index (χ4v) is 5.69. The van der Waals surface area contributed by atoms with Gasteiger partial charge >= 0.3 is 5.63 Å². The number of rotatable bonds is 7. The molecule has 1 N–H and O–H groups in total. The third kappa shape index (κ3) is 4.40. The Morgan fingerprint density at radius 3 is 2.65 bits per heavy atom. The van der Waals surface area contributed by atoms with Crippen LogP contribution < -0.4 is 15.7 Å². The van der Waals surface area contributed by atoms with Gasteiger partial charge < -0.3 is 14.5 Å². The van der Waals surface area contributed by atoms with E-state index in [0.29, 0.717) is 33.8 Å². The van der Waals surface area contributed by atoms with Crippen LogP contribution in [0.3, 0.4) is 0 Å². The van der Waals surface area contributed by atoms with E-state index in [0.717, 1.165) is 11.8 Å². The first kappa shape index (κ1) is 22.1. The number of ether oxygens (including phenoxy) is 1. The Bertz CT molecular complexity index is 1300. The summed E-state index contributed by atoms with van der Waals surface area (Å²) in [5.74, 6) is 2.36. The molecule has 2 aliphatic carbocycles. The number of amides is 1. The summed E-state index contributed by atoms with van der Waals surface area (Å²) >= 11 is 0. The molecule has 4 unspecified atom stereocenters. The van der Waals surface area contributed by atoms with Gasteiger partial charge in [-0.05, 0) is 79.3 Å². The van der Waals surface area contributed by atoms with E-state index < -0.39 is 10.5 Å². The van der Waals surface area contributed by atoms with Crippen LogP contribution >= 0.6 is 0 Å². The lowest BCUT2D eigenvalue weighted by Crippen LogP contribution is -2.42. The van der Waals surface area contributed by atoms with Gasteiger partial charge in [-0.1, -0.05) is 6.42 Å². The van der Waals surface area contributed by atoms with Gasteiger partial charge in [0.25, 0.3) is 11.6 Å². The Kier molecular flexibility index (Phi) is 5.81. The summed E-state index contributed by atoms with van der Waals surface area (Å²) in [4.78, 5) is 35.1. The number of carbonyl (C=O) groups is 1. The summed E-state index contributed by atoms with van der Waals surface area (Å²) in [5, 5.41) is 14.7. The van der Waals surface area contributed by atoms with Crippen molar-refractivity contribution in [2.24, 2.45) is 17.8 Å². The minimum Gasteiger partial charge on any atom is -0.484 e. The van der Waals surface area contributed by atoms with Gasteiger partial charge in [-0.2, -0.15) is 0 Å². The number of fused-ring (bicyclic) bond motifs is 3. The molecule has 2 fully saturated rings. The predicted molar refractivity (Wildman–Crippen MR) is 127 cm³/mol. The van der Waals surface area contributed by atoms with E-state index in [1.165, 1.54) is 43.9 Å². The zero-order chi connectivity index (χ0) is 23.8. The average molecular weight is 463 g/mol. The van der Waals surface area contributed by atoms with Crippen molar-refractivity contribution in [1.82, 2.24) is 5.32 Å². The second kappa shape index (κ2) is 8.93. The molecule has 8 heteroatoms. The molecule has 2 aromatic carbocycles. The Morgan fingerprint density at radius 2 is 1.97 bits per heavy atom. The van der Waals surface area contributed by atoms with E-state index in [1.807, 2.05) is 0 Å². The van der Waals surface area contributed by atoms with E-state index in [4.69, 9.17) is 9.15 Å². The lowest BCUT2D eigenvalue weighted by atomic mass is 9.84. The van der Waals surface area contributed by atoms with Crippen LogP contribution in [0.25, 0.3) is 22.1 Å². The Morgan fingerprint density at radius 1 is 1.18 bits per heavy atom. The predicted octanol–water partition coefficient (Wildman–Crippen LogP) is 4.69. The third-order valence-corrected chi connectivity index (χ3v) is 7.30. The van der Waals surface area contributed by atoms with Crippen LogP contribution in [-0.2, 0) is 4.79 Å². The minimum atomic E-state index is -0.546. The van der Waals surface area contributed by atoms with Crippen LogP contribution in [0, 0.1) is 27.9 Å². The van der Waals surface area contributed by atoms with Crippen molar-refractivity contribution in [3.8, 4) is 16.9 Å². The summed E-state index contributed by atoms with van der Waals surface area (Å²) in [5.41, 5.74) is 1.00. The Labute approximate surface area is 196 Å². The number of benzene rings is 2. The van der Waals surface area contributed by atoms with Crippen molar-refractivity contribution in [3.05, 3.63) is 69.1 Å². The van der Waals surface area contributed by atoms with Gasteiger partial charge in [-0.3, -0.25) is 14.9 Å². The molecule has 0 radical (unpaired) electrons. The molecule has 1 heterocycles. The molecule has 2 saturated carbocycles. The summed E-state index contributed by atoms with van der Waals surface area (Å²) < 4.78 is 11.0. The van der Waals surface area contributed by atoms with Crippen LogP contribution in [0.5, 0.6) is 5.75 Å². The zero-order valence-corrected chi connectivity index (χ0v) is 18.9. The summed E-state index contributed by atoms with van der Waals surface area (Å²) in [7, 11) is 0. The monoisotopic (exact) mass is 462 g/mol. The number of nitrogens with zero attached hydrogens (tertiary/aromatic N) is 1. The standard InChI is InChI=1S/C26H26N2O6/c1-15(22-11-16-2-3-18(22)10-16)27-25(29)14-33-20-8-9-21-23(13-26(30)34-24(21)12-20)17-4-6-19(7-5-17)28(31)32/h4-9,12-13,15-16,18,22H,2-3,10-11,14H2,1H3,(H,27,29). The number of nitrogens with one attached hydrogen (secondary N) is 1. The summed E-state index contributed by atoms with van der Waals surface area (Å²) in [6.07, 6.45) is 5.10. The van der Waals surface area contributed by atoms with Gasteiger partial charge in [0, 0.05) is 35.7 Å². The Balaban J connectivity index is 1.28. The highest BCUT2D eigenvalue weighted by Gasteiger charge is 2.42. The highest BCUT2D eigenvalue weighted by Crippen LogP contribution is 2.49. The van der Waals surface area contributed by atoms with Gasteiger partial charge in [0.2, 0.25) is 0 Å². The first-order valence-corrected chi connectivity index (χ1v) is 11.6. The van der Waals surface area contributed by atoms with E-state index in [2.05, 4.69) is 12.2 Å². The highest BCUT2D eigenvalue weighted by atomic mass is 16.6. The number of non-ortho nitro benzene ring substituents is 1. The molecule has 8 nitrogen and oxygen atoms in total. The summed E-state index contributed by atoms with van der Waals surface area (Å²) in [6.45, 7) is 1.95. The van der Waals surface area contributed by atoms with Crippen molar-refractivity contribution >= 4 is 22.6 Å². The maximum Gasteiger partial charge on any atom is 0.336 e. The Hall–Kier alpha value is -3.68. The van der Waals surface area contributed by atoms with E-state index >= 15 is 0 Å². The SMILES string of the molecule is CC(NC(=O)COc1ccc2c(-c3ccc([N+](=O)[O-])cc3)cc(=O)oc2c1)C1CC2CCC1C2. The van der Waals surface area contributed by atoms with E-state index in [-0.39, 0.29) is 24.2 Å². The molecule has 34 heavy (non-hydrogen) atoms. The maximum absolute atomic E-state index is 12.5. The van der Waals surface area contributed by atoms with Gasteiger partial charge in [-0.25, -0.2) is 4.79 Å². The topological polar surface area (TPSA) is 112 Å². The molecule has 5 rings (SSSR count). The minimum absolute atomic E-state index is 0.0280. The number of hydrogen-bond donors (Lipinski definition) is 1. The van der Waals surface area contributed by atoms with Crippen LogP contribution in [0.15, 0.2) is 57.7 Å². The molecule has 0 saturated heterocycles. The molecular formula is C26H26N2O6. The van der Waals surface area contributed by atoms with Crippen LogP contribution in [-0.4, -0.2) is 23.5 Å². The zero-order valence-electron chi connectivity index (χ0n) is 18.9. The molecule has 2 bridgehead atoms. The largest absolute Gasteiger partial charge is 0.484 e. The lowest BCUT2D eigenvalue weighted by Gasteiger charge is -2.28. The first-order valence-electron chi connectivity index (χ1n) is 11.6. The molecule has 2 aliphatic rings. The fourth-order valence-electron chi connectivity index (χ4n) is 5.69. The van der Waals surface area contributed by atoms with Crippen molar-refractivity contribution in [2.75, 3.05) is 6.61 Å². The van der Waals surface area contributed by atoms with Gasteiger partial charge in [-0.15, -0.1) is 0 Å². The average Bonchev–Trinajstić information content (AvgIpc) is 3.46. The normalized spacial score (nSPS) is 22.0. The molecule has 1 amide bonds. The molecule has 0 spiro atoms. The lowest BCUT2D eigenvalue weighted by molar-refractivity contribution is -0.384. The molecule has 4 atom stereocenters. The highest BCUT2D eigenvalue weighted by molar-refractivity contribution is 5.94. The second-order valence-corrected chi connectivity index (χ2v) is 9.42. The number of carbonyl (C=O) groups excluding carboxylic acids is 1. The maximum atomic E-state index is 12.5. The van der Waals surface area contributed by atoms with E-state index in [1.54, 1.807) is 30.3 Å². The number of nitro benzene ring substituents is 1. The third-order valence-electron chi connectivity index (χ3n) is 7.30. The summed E-state index contributed by atoms with van der Waals surface area (Å²) in [6, 6.07) is 12.5. The molecular weight excluding hydrogens is 436 g/mol. The van der Waals surface area contributed by atoms with Crippen molar-refractivity contribution < 1.29 is 18.9 Å². The smallest absolute Gasteiger partial charge is 0.336 e. The van der Waals surface area contributed by atoms with Crippen molar-refractivity contribution in [1.29, 1.82) is 0 Å². The quantitative estimate of drug-likeness (QED) is 0.310. The van der Waals surface area contributed by atoms with Crippen LogP contribution in [0.1, 0.15) is 32.6 Å². The molecule has 1 aromatic heterocycles. The first-order chi connectivity index (χ1) is 16.4. The van der Waals surface area contributed by atoms with E-state index in [9.17, 15) is 19.7 Å². The molecule has 176 valence electrons.